The minimum absolute atomic E-state index is 0.128. The van der Waals surface area contributed by atoms with Gasteiger partial charge >= 0.3 is 5.69 Å². The van der Waals surface area contributed by atoms with Crippen molar-refractivity contribution in [2.75, 3.05) is 13.1 Å². The summed E-state index contributed by atoms with van der Waals surface area (Å²) in [5.41, 5.74) is 1.67. The lowest BCUT2D eigenvalue weighted by Gasteiger charge is -2.22. The van der Waals surface area contributed by atoms with E-state index in [2.05, 4.69) is 10.3 Å². The van der Waals surface area contributed by atoms with Crippen LogP contribution in [0.2, 0.25) is 0 Å². The molecule has 4 heteroatoms. The van der Waals surface area contributed by atoms with E-state index < -0.39 is 0 Å². The highest BCUT2D eigenvalue weighted by molar-refractivity contribution is 5.06. The predicted molar refractivity (Wildman–Crippen MR) is 77.4 cm³/mol. The lowest BCUT2D eigenvalue weighted by molar-refractivity contribution is 0.340. The largest absolute Gasteiger partial charge is 0.347 e. The van der Waals surface area contributed by atoms with Gasteiger partial charge in [0.1, 0.15) is 0 Å². The van der Waals surface area contributed by atoms with Gasteiger partial charge in [0.2, 0.25) is 0 Å². The average Bonchev–Trinajstić information content (AvgIpc) is 2.38. The van der Waals surface area contributed by atoms with E-state index >= 15 is 0 Å². The fourth-order valence-electron chi connectivity index (χ4n) is 2.93. The van der Waals surface area contributed by atoms with Gasteiger partial charge in [-0.1, -0.05) is 19.3 Å². The van der Waals surface area contributed by atoms with E-state index in [4.69, 9.17) is 0 Å². The van der Waals surface area contributed by atoms with Gasteiger partial charge in [0.05, 0.1) is 0 Å². The summed E-state index contributed by atoms with van der Waals surface area (Å²) in [4.78, 5) is 15.8. The smallest absolute Gasteiger partial charge is 0.315 e. The zero-order valence-electron chi connectivity index (χ0n) is 12.1. The number of hydrogen-bond donors (Lipinski definition) is 1. The van der Waals surface area contributed by atoms with Crippen molar-refractivity contribution in [1.29, 1.82) is 0 Å². The molecule has 106 valence electrons. The average molecular weight is 263 g/mol. The molecular weight excluding hydrogens is 238 g/mol. The van der Waals surface area contributed by atoms with Crippen molar-refractivity contribution in [2.45, 2.75) is 52.5 Å². The third-order valence-electron chi connectivity index (χ3n) is 4.02. The van der Waals surface area contributed by atoms with E-state index in [0.29, 0.717) is 6.54 Å². The van der Waals surface area contributed by atoms with Crippen molar-refractivity contribution in [2.24, 2.45) is 5.92 Å². The van der Waals surface area contributed by atoms with Crippen LogP contribution in [0.3, 0.4) is 0 Å². The monoisotopic (exact) mass is 263 g/mol. The SMILES string of the molecule is Cc1cc(C)n(CCNCC2CCCCC2)c(=O)n1. The Morgan fingerprint density at radius 2 is 2.05 bits per heavy atom. The Bertz CT molecular complexity index is 461. The quantitative estimate of drug-likeness (QED) is 0.827. The van der Waals surface area contributed by atoms with Crippen LogP contribution in [0.5, 0.6) is 0 Å². The maximum Gasteiger partial charge on any atom is 0.347 e. The van der Waals surface area contributed by atoms with Crippen LogP contribution in [0.15, 0.2) is 10.9 Å². The zero-order chi connectivity index (χ0) is 13.7. The summed E-state index contributed by atoms with van der Waals surface area (Å²) in [6.07, 6.45) is 6.88. The summed E-state index contributed by atoms with van der Waals surface area (Å²) in [5.74, 6) is 0.836. The predicted octanol–water partition coefficient (Wildman–Crippen LogP) is 2.03. The van der Waals surface area contributed by atoms with E-state index in [1.54, 1.807) is 4.57 Å². The molecule has 4 nitrogen and oxygen atoms in total. The highest BCUT2D eigenvalue weighted by atomic mass is 16.1. The Hall–Kier alpha value is -1.16. The third kappa shape index (κ3) is 4.16. The molecule has 2 rings (SSSR count). The first-order valence-electron chi connectivity index (χ1n) is 7.42. The molecule has 1 aromatic rings. The lowest BCUT2D eigenvalue weighted by Crippen LogP contribution is -2.32. The van der Waals surface area contributed by atoms with Crippen LogP contribution in [0, 0.1) is 19.8 Å². The van der Waals surface area contributed by atoms with Gasteiger partial charge in [-0.15, -0.1) is 0 Å². The van der Waals surface area contributed by atoms with Gasteiger partial charge in [-0.25, -0.2) is 4.79 Å². The topological polar surface area (TPSA) is 46.9 Å². The van der Waals surface area contributed by atoms with Gasteiger partial charge in [0.25, 0.3) is 0 Å². The van der Waals surface area contributed by atoms with Crippen molar-refractivity contribution in [3.05, 3.63) is 27.9 Å². The number of nitrogens with one attached hydrogen (secondary N) is 1. The van der Waals surface area contributed by atoms with Crippen LogP contribution in [-0.2, 0) is 6.54 Å². The fraction of sp³-hybridized carbons (Fsp3) is 0.733. The minimum Gasteiger partial charge on any atom is -0.315 e. The second-order valence-corrected chi connectivity index (χ2v) is 5.68. The highest BCUT2D eigenvalue weighted by Gasteiger charge is 2.12. The number of rotatable bonds is 5. The molecule has 0 saturated heterocycles. The highest BCUT2D eigenvalue weighted by Crippen LogP contribution is 2.22. The number of hydrogen-bond acceptors (Lipinski definition) is 3. The molecule has 0 radical (unpaired) electrons. The summed E-state index contributed by atoms with van der Waals surface area (Å²) in [6, 6.07) is 1.96. The summed E-state index contributed by atoms with van der Waals surface area (Å²) < 4.78 is 1.75. The van der Waals surface area contributed by atoms with E-state index in [1.807, 2.05) is 19.9 Å². The summed E-state index contributed by atoms with van der Waals surface area (Å²) in [7, 11) is 0. The fourth-order valence-corrected chi connectivity index (χ4v) is 2.93. The summed E-state index contributed by atoms with van der Waals surface area (Å²) >= 11 is 0. The Labute approximate surface area is 115 Å². The van der Waals surface area contributed by atoms with E-state index in [0.717, 1.165) is 30.4 Å². The Morgan fingerprint density at radius 3 is 2.74 bits per heavy atom. The lowest BCUT2D eigenvalue weighted by atomic mass is 9.89. The van der Waals surface area contributed by atoms with Gasteiger partial charge in [-0.3, -0.25) is 4.57 Å². The molecule has 1 fully saturated rings. The number of aryl methyl sites for hydroxylation is 2. The molecule has 1 aromatic heterocycles. The molecule has 0 aliphatic heterocycles. The molecule has 1 N–H and O–H groups in total. The maximum atomic E-state index is 11.8. The molecule has 0 atom stereocenters. The van der Waals surface area contributed by atoms with Crippen LogP contribution < -0.4 is 11.0 Å². The summed E-state index contributed by atoms with van der Waals surface area (Å²) in [6.45, 7) is 6.48. The van der Waals surface area contributed by atoms with Crippen molar-refractivity contribution in [3.63, 3.8) is 0 Å². The molecule has 0 spiro atoms. The van der Waals surface area contributed by atoms with Crippen LogP contribution in [0.25, 0.3) is 0 Å². The standard InChI is InChI=1S/C15H25N3O/c1-12-10-13(2)18(15(19)17-12)9-8-16-11-14-6-4-3-5-7-14/h10,14,16H,3-9,11H2,1-2H3. The molecule has 1 heterocycles. The van der Waals surface area contributed by atoms with Crippen LogP contribution in [0.4, 0.5) is 0 Å². The van der Waals surface area contributed by atoms with E-state index in [9.17, 15) is 4.79 Å². The van der Waals surface area contributed by atoms with Crippen LogP contribution in [0.1, 0.15) is 43.5 Å². The summed E-state index contributed by atoms with van der Waals surface area (Å²) in [5, 5.41) is 3.49. The zero-order valence-corrected chi connectivity index (χ0v) is 12.1. The number of nitrogens with zero attached hydrogens (tertiary/aromatic N) is 2. The minimum atomic E-state index is -0.128. The van der Waals surface area contributed by atoms with Gasteiger partial charge < -0.3 is 5.32 Å². The Morgan fingerprint density at radius 1 is 1.32 bits per heavy atom. The Balaban J connectivity index is 1.78. The van der Waals surface area contributed by atoms with Crippen molar-refractivity contribution in [1.82, 2.24) is 14.9 Å². The first-order valence-corrected chi connectivity index (χ1v) is 7.42. The molecule has 0 aromatic carbocycles. The third-order valence-corrected chi connectivity index (χ3v) is 4.02. The van der Waals surface area contributed by atoms with Gasteiger partial charge in [0, 0.05) is 24.5 Å². The van der Waals surface area contributed by atoms with Gasteiger partial charge in [-0.05, 0) is 45.2 Å². The van der Waals surface area contributed by atoms with Gasteiger partial charge in [-0.2, -0.15) is 4.98 Å². The van der Waals surface area contributed by atoms with E-state index in [-0.39, 0.29) is 5.69 Å². The van der Waals surface area contributed by atoms with Crippen molar-refractivity contribution in [3.8, 4) is 0 Å². The first-order chi connectivity index (χ1) is 9.16. The van der Waals surface area contributed by atoms with E-state index in [1.165, 1.54) is 32.1 Å². The second kappa shape index (κ2) is 6.85. The molecule has 0 bridgehead atoms. The van der Waals surface area contributed by atoms with Gasteiger partial charge in [0.15, 0.2) is 0 Å². The molecular formula is C15H25N3O. The maximum absolute atomic E-state index is 11.8. The number of aromatic nitrogens is 2. The molecule has 19 heavy (non-hydrogen) atoms. The van der Waals surface area contributed by atoms with Crippen molar-refractivity contribution < 1.29 is 0 Å². The molecule has 0 unspecified atom stereocenters. The molecule has 1 saturated carbocycles. The first kappa shape index (κ1) is 14.3. The van der Waals surface area contributed by atoms with Crippen LogP contribution >= 0.6 is 0 Å². The Kier molecular flexibility index (Phi) is 5.14. The van der Waals surface area contributed by atoms with Crippen LogP contribution in [-0.4, -0.2) is 22.6 Å². The molecule has 1 aliphatic rings. The molecule has 1 aliphatic carbocycles. The second-order valence-electron chi connectivity index (χ2n) is 5.68. The van der Waals surface area contributed by atoms with Crippen molar-refractivity contribution >= 4 is 0 Å². The normalized spacial score (nSPS) is 16.7. The molecule has 0 amide bonds.